The number of aliphatic hydroxyl groups excluding tert-OH is 1. The van der Waals surface area contributed by atoms with Crippen molar-refractivity contribution in [3.05, 3.63) is 72.1 Å². The number of nitrogens with zero attached hydrogens (tertiary/aromatic N) is 2. The Hall–Kier alpha value is -3.07. The van der Waals surface area contributed by atoms with Crippen LogP contribution in [0.2, 0.25) is 0 Å². The smallest absolute Gasteiger partial charge is 0.261 e. The number of benzene rings is 2. The maximum atomic E-state index is 12.8. The van der Waals surface area contributed by atoms with Crippen molar-refractivity contribution in [2.45, 2.75) is 12.6 Å². The zero-order valence-corrected chi connectivity index (χ0v) is 16.0. The summed E-state index contributed by atoms with van der Waals surface area (Å²) < 4.78 is 5.63. The molecule has 2 heterocycles. The number of hydrazine groups is 1. The summed E-state index contributed by atoms with van der Waals surface area (Å²) in [5.74, 6) is 1.21. The Bertz CT molecular complexity index is 874. The molecular formula is C21H24N4O4. The minimum atomic E-state index is -0.242. The molecule has 2 aliphatic rings. The van der Waals surface area contributed by atoms with Crippen LogP contribution in [-0.4, -0.2) is 48.2 Å². The molecule has 0 aromatic heterocycles. The molecule has 2 aromatic rings. The van der Waals surface area contributed by atoms with Crippen molar-refractivity contribution in [1.82, 2.24) is 15.8 Å². The number of para-hydroxylation sites is 1. The fourth-order valence-corrected chi connectivity index (χ4v) is 3.37. The van der Waals surface area contributed by atoms with Crippen LogP contribution in [-0.2, 0) is 16.2 Å². The van der Waals surface area contributed by atoms with Crippen LogP contribution in [0.25, 0.3) is 0 Å². The Morgan fingerprint density at radius 3 is 2.90 bits per heavy atom. The topological polar surface area (TPSA) is 86.3 Å². The predicted octanol–water partition coefficient (Wildman–Crippen LogP) is 1.16. The fraction of sp³-hybridized carbons (Fsp3) is 0.286. The van der Waals surface area contributed by atoms with Crippen molar-refractivity contribution in [3.63, 3.8) is 0 Å². The summed E-state index contributed by atoms with van der Waals surface area (Å²) in [5, 5.41) is 14.4. The van der Waals surface area contributed by atoms with Crippen LogP contribution in [0.5, 0.6) is 5.75 Å². The van der Waals surface area contributed by atoms with Crippen molar-refractivity contribution in [2.24, 2.45) is 0 Å². The molecule has 0 aliphatic carbocycles. The normalized spacial score (nSPS) is 18.9. The zero-order valence-electron chi connectivity index (χ0n) is 16.0. The van der Waals surface area contributed by atoms with E-state index in [0.29, 0.717) is 24.6 Å². The van der Waals surface area contributed by atoms with Gasteiger partial charge in [-0.2, -0.15) is 0 Å². The Balaban J connectivity index is 1.44. The summed E-state index contributed by atoms with van der Waals surface area (Å²) in [6.07, 6.45) is 1.83. The zero-order chi connectivity index (χ0) is 20.1. The van der Waals surface area contributed by atoms with Crippen LogP contribution < -0.4 is 20.7 Å². The number of carbonyl (C=O) groups is 1. The molecule has 1 saturated heterocycles. The number of carbonyl (C=O) groups excluding carboxylic acids is 1. The number of hydrogen-bond acceptors (Lipinski definition) is 7. The molecule has 4 rings (SSSR count). The molecule has 1 atom stereocenters. The van der Waals surface area contributed by atoms with Crippen molar-refractivity contribution in [1.29, 1.82) is 0 Å². The Morgan fingerprint density at radius 1 is 1.21 bits per heavy atom. The van der Waals surface area contributed by atoms with Gasteiger partial charge in [-0.1, -0.05) is 35.9 Å². The van der Waals surface area contributed by atoms with Gasteiger partial charge >= 0.3 is 0 Å². The second kappa shape index (κ2) is 8.95. The van der Waals surface area contributed by atoms with Crippen LogP contribution in [0.15, 0.2) is 66.6 Å². The highest BCUT2D eigenvalue weighted by molar-refractivity contribution is 5.78. The summed E-state index contributed by atoms with van der Waals surface area (Å²) in [5.41, 5.74) is 4.49. The van der Waals surface area contributed by atoms with Crippen molar-refractivity contribution >= 4 is 11.6 Å². The van der Waals surface area contributed by atoms with Crippen molar-refractivity contribution < 1.29 is 19.5 Å². The third kappa shape index (κ3) is 4.51. The molecule has 152 valence electrons. The molecule has 2 aromatic carbocycles. The van der Waals surface area contributed by atoms with E-state index in [-0.39, 0.29) is 25.2 Å². The van der Waals surface area contributed by atoms with Crippen LogP contribution in [0.1, 0.15) is 5.56 Å². The minimum Gasteiger partial charge on any atom is -0.484 e. The van der Waals surface area contributed by atoms with E-state index in [4.69, 9.17) is 9.57 Å². The van der Waals surface area contributed by atoms with Gasteiger partial charge in [-0.15, -0.1) is 0 Å². The number of piperazine rings is 1. The van der Waals surface area contributed by atoms with Crippen molar-refractivity contribution in [2.75, 3.05) is 31.3 Å². The second-order valence-electron chi connectivity index (χ2n) is 6.83. The fourth-order valence-electron chi connectivity index (χ4n) is 3.37. The number of hydrogen-bond donors (Lipinski definition) is 3. The molecule has 0 saturated carbocycles. The number of amides is 1. The highest BCUT2D eigenvalue weighted by Crippen LogP contribution is 2.23. The van der Waals surface area contributed by atoms with Gasteiger partial charge in [0.05, 0.1) is 18.5 Å². The lowest BCUT2D eigenvalue weighted by molar-refractivity contribution is -0.136. The third-order valence-corrected chi connectivity index (χ3v) is 4.89. The standard InChI is InChI=1S/C21H24N4O4/c26-14-16-5-4-6-17(11-16)25-13-20(29-23-25)19-12-22-9-10-24(19)21(27)15-28-18-7-2-1-3-8-18/h1-8,11,13,19,22-23,26H,9-10,12,14-15H2. The molecule has 0 spiro atoms. The Kier molecular flexibility index (Phi) is 5.95. The lowest BCUT2D eigenvalue weighted by Crippen LogP contribution is -2.55. The molecule has 29 heavy (non-hydrogen) atoms. The molecule has 1 amide bonds. The van der Waals surface area contributed by atoms with E-state index in [1.165, 1.54) is 0 Å². The van der Waals surface area contributed by atoms with E-state index in [1.54, 1.807) is 9.91 Å². The number of rotatable bonds is 6. The van der Waals surface area contributed by atoms with Gasteiger partial charge in [0.25, 0.3) is 5.91 Å². The van der Waals surface area contributed by atoms with E-state index < -0.39 is 0 Å². The molecule has 3 N–H and O–H groups in total. The molecular weight excluding hydrogens is 372 g/mol. The first-order valence-electron chi connectivity index (χ1n) is 9.56. The van der Waals surface area contributed by atoms with Crippen LogP contribution in [0.3, 0.4) is 0 Å². The summed E-state index contributed by atoms with van der Waals surface area (Å²) in [4.78, 5) is 20.3. The molecule has 0 radical (unpaired) electrons. The number of ether oxygens (including phenoxy) is 1. The molecule has 0 bridgehead atoms. The first-order chi connectivity index (χ1) is 14.2. The number of aliphatic hydroxyl groups is 1. The van der Waals surface area contributed by atoms with Gasteiger partial charge in [-0.05, 0) is 29.8 Å². The summed E-state index contributed by atoms with van der Waals surface area (Å²) in [6, 6.07) is 16.6. The molecule has 8 heteroatoms. The van der Waals surface area contributed by atoms with Crippen molar-refractivity contribution in [3.8, 4) is 5.75 Å². The highest BCUT2D eigenvalue weighted by Gasteiger charge is 2.34. The van der Waals surface area contributed by atoms with Gasteiger partial charge in [0, 0.05) is 19.6 Å². The predicted molar refractivity (Wildman–Crippen MR) is 107 cm³/mol. The van der Waals surface area contributed by atoms with E-state index in [2.05, 4.69) is 10.9 Å². The first-order valence-corrected chi connectivity index (χ1v) is 9.56. The molecule has 1 unspecified atom stereocenters. The highest BCUT2D eigenvalue weighted by atomic mass is 16.7. The first kappa shape index (κ1) is 19.3. The Morgan fingerprint density at radius 2 is 2.07 bits per heavy atom. The molecule has 1 fully saturated rings. The van der Waals surface area contributed by atoms with E-state index in [1.807, 2.05) is 60.8 Å². The quantitative estimate of drug-likeness (QED) is 0.675. The monoisotopic (exact) mass is 396 g/mol. The largest absolute Gasteiger partial charge is 0.484 e. The van der Waals surface area contributed by atoms with Gasteiger partial charge in [0.1, 0.15) is 11.8 Å². The van der Waals surface area contributed by atoms with Gasteiger partial charge in [-0.3, -0.25) is 4.79 Å². The van der Waals surface area contributed by atoms with Gasteiger partial charge in [0.2, 0.25) is 0 Å². The summed E-state index contributed by atoms with van der Waals surface area (Å²) >= 11 is 0. The van der Waals surface area contributed by atoms with Gasteiger partial charge in [-0.25, -0.2) is 5.01 Å². The average Bonchev–Trinajstić information content (AvgIpc) is 3.28. The maximum Gasteiger partial charge on any atom is 0.261 e. The lowest BCUT2D eigenvalue weighted by Gasteiger charge is -2.35. The number of nitrogens with one attached hydrogen (secondary N) is 2. The lowest BCUT2D eigenvalue weighted by atomic mass is 10.1. The second-order valence-corrected chi connectivity index (χ2v) is 6.83. The van der Waals surface area contributed by atoms with Crippen LogP contribution in [0.4, 0.5) is 5.69 Å². The maximum absolute atomic E-state index is 12.8. The Labute approximate surface area is 169 Å². The van der Waals surface area contributed by atoms with Gasteiger partial charge in [0.15, 0.2) is 12.4 Å². The van der Waals surface area contributed by atoms with Gasteiger partial charge < -0.3 is 24.9 Å². The average molecular weight is 396 g/mol. The molecule has 8 nitrogen and oxygen atoms in total. The summed E-state index contributed by atoms with van der Waals surface area (Å²) in [6.45, 7) is 1.83. The summed E-state index contributed by atoms with van der Waals surface area (Å²) in [7, 11) is 0. The minimum absolute atomic E-state index is 0.0243. The van der Waals surface area contributed by atoms with E-state index >= 15 is 0 Å². The molecule has 2 aliphatic heterocycles. The third-order valence-electron chi connectivity index (χ3n) is 4.89. The van der Waals surface area contributed by atoms with Crippen LogP contribution in [0, 0.1) is 0 Å². The van der Waals surface area contributed by atoms with E-state index in [0.717, 1.165) is 17.8 Å². The SMILES string of the molecule is O=C(COc1ccccc1)N1CCNCC1C1=CN(c2cccc(CO)c2)NO1. The number of anilines is 1. The van der Waals surface area contributed by atoms with Crippen LogP contribution >= 0.6 is 0 Å². The van der Waals surface area contributed by atoms with E-state index in [9.17, 15) is 9.90 Å².